The molecule has 0 aromatic rings. The molecule has 0 aromatic heterocycles. The first-order valence-electron chi connectivity index (χ1n) is 7.45. The van der Waals surface area contributed by atoms with Crippen molar-refractivity contribution in [2.24, 2.45) is 17.8 Å². The number of Topliss-reactive ketones (excluding diaryl/α,β-unsaturated/α-hetero) is 1. The smallest absolute Gasteiger partial charge is 0.309 e. The molecule has 2 saturated carbocycles. The molecule has 2 aliphatic carbocycles. The van der Waals surface area contributed by atoms with E-state index in [0.717, 1.165) is 19.3 Å². The highest BCUT2D eigenvalue weighted by molar-refractivity contribution is 5.87. The Morgan fingerprint density at radius 1 is 1.29 bits per heavy atom. The molecule has 114 valence electrons. The number of nitriles is 1. The van der Waals surface area contributed by atoms with Gasteiger partial charge in [0.05, 0.1) is 18.4 Å². The molecule has 2 bridgehead atoms. The Morgan fingerprint density at radius 3 is 2.57 bits per heavy atom. The van der Waals surface area contributed by atoms with Crippen molar-refractivity contribution in [2.45, 2.75) is 38.5 Å². The lowest BCUT2D eigenvalue weighted by Crippen LogP contribution is -2.40. The van der Waals surface area contributed by atoms with Crippen LogP contribution in [-0.4, -0.2) is 30.8 Å². The molecule has 1 amide bonds. The number of fused-ring (bicyclic) bond motifs is 2. The van der Waals surface area contributed by atoms with Crippen molar-refractivity contribution >= 4 is 17.7 Å². The van der Waals surface area contributed by atoms with Crippen LogP contribution in [0, 0.1) is 29.1 Å². The molecule has 0 aromatic carbocycles. The second-order valence-corrected chi connectivity index (χ2v) is 5.76. The van der Waals surface area contributed by atoms with E-state index < -0.39 is 5.91 Å². The number of rotatable bonds is 5. The van der Waals surface area contributed by atoms with Gasteiger partial charge in [0.1, 0.15) is 5.78 Å². The molecule has 0 saturated heterocycles. The summed E-state index contributed by atoms with van der Waals surface area (Å²) >= 11 is 0. The van der Waals surface area contributed by atoms with Crippen molar-refractivity contribution in [1.29, 1.82) is 5.26 Å². The first-order chi connectivity index (χ1) is 10.1. The van der Waals surface area contributed by atoms with Crippen molar-refractivity contribution in [2.75, 3.05) is 13.2 Å². The van der Waals surface area contributed by atoms with Crippen LogP contribution in [-0.2, 0) is 19.1 Å². The Balaban J connectivity index is 1.75. The van der Waals surface area contributed by atoms with Crippen LogP contribution in [0.15, 0.2) is 0 Å². The molecular formula is C15H20N2O4. The lowest BCUT2D eigenvalue weighted by Gasteiger charge is -2.36. The summed E-state index contributed by atoms with van der Waals surface area (Å²) in [6, 6.07) is 1.91. The number of hydrogen-bond acceptors (Lipinski definition) is 5. The third-order valence-electron chi connectivity index (χ3n) is 4.29. The van der Waals surface area contributed by atoms with Gasteiger partial charge in [-0.2, -0.15) is 5.26 Å². The fourth-order valence-corrected chi connectivity index (χ4v) is 3.24. The Labute approximate surface area is 123 Å². The third-order valence-corrected chi connectivity index (χ3v) is 4.29. The molecular weight excluding hydrogens is 272 g/mol. The number of esters is 1. The Morgan fingerprint density at radius 2 is 1.95 bits per heavy atom. The summed E-state index contributed by atoms with van der Waals surface area (Å²) in [5.74, 6) is -0.732. The van der Waals surface area contributed by atoms with E-state index in [4.69, 9.17) is 10.00 Å². The number of carbonyl (C=O) groups is 3. The summed E-state index contributed by atoms with van der Waals surface area (Å²) in [6.07, 6.45) is 4.15. The number of ether oxygens (including phenoxy) is 1. The molecule has 1 N–H and O–H groups in total. The number of ketones is 1. The highest BCUT2D eigenvalue weighted by Crippen LogP contribution is 2.40. The normalized spacial score (nSPS) is 27.6. The molecule has 0 heterocycles. The van der Waals surface area contributed by atoms with Crippen molar-refractivity contribution in [1.82, 2.24) is 5.32 Å². The summed E-state index contributed by atoms with van der Waals surface area (Å²) in [7, 11) is 0. The van der Waals surface area contributed by atoms with E-state index in [0.29, 0.717) is 18.6 Å². The van der Waals surface area contributed by atoms with Gasteiger partial charge in [0, 0.05) is 18.4 Å². The topological polar surface area (TPSA) is 96.3 Å². The predicted molar refractivity (Wildman–Crippen MR) is 72.8 cm³/mol. The first kappa shape index (κ1) is 15.5. The van der Waals surface area contributed by atoms with Gasteiger partial charge in [-0.1, -0.05) is 6.42 Å². The Bertz CT molecular complexity index is 453. The fourth-order valence-electron chi connectivity index (χ4n) is 3.24. The predicted octanol–water partition coefficient (Wildman–Crippen LogP) is 0.955. The van der Waals surface area contributed by atoms with Crippen molar-refractivity contribution in [3.63, 3.8) is 0 Å². The van der Waals surface area contributed by atoms with E-state index in [9.17, 15) is 14.4 Å². The van der Waals surface area contributed by atoms with Crippen molar-refractivity contribution in [3.8, 4) is 6.07 Å². The summed E-state index contributed by atoms with van der Waals surface area (Å²) in [6.45, 7) is -0.0565. The third kappa shape index (κ3) is 4.03. The lowest BCUT2D eigenvalue weighted by atomic mass is 9.67. The minimum absolute atomic E-state index is 0.000458. The minimum atomic E-state index is -0.398. The first-order valence-corrected chi connectivity index (χ1v) is 7.45. The van der Waals surface area contributed by atoms with Gasteiger partial charge in [0.15, 0.2) is 6.61 Å². The van der Waals surface area contributed by atoms with Gasteiger partial charge < -0.3 is 10.1 Å². The van der Waals surface area contributed by atoms with E-state index >= 15 is 0 Å². The van der Waals surface area contributed by atoms with E-state index in [-0.39, 0.29) is 43.3 Å². The van der Waals surface area contributed by atoms with Gasteiger partial charge in [-0.3, -0.25) is 14.4 Å². The molecule has 2 rings (SSSR count). The Kier molecular flexibility index (Phi) is 5.32. The van der Waals surface area contributed by atoms with Crippen LogP contribution >= 0.6 is 0 Å². The molecule has 0 spiro atoms. The highest BCUT2D eigenvalue weighted by atomic mass is 16.5. The second-order valence-electron chi connectivity index (χ2n) is 5.76. The van der Waals surface area contributed by atoms with Crippen LogP contribution in [0.25, 0.3) is 0 Å². The van der Waals surface area contributed by atoms with Gasteiger partial charge in [0.2, 0.25) is 0 Å². The summed E-state index contributed by atoms with van der Waals surface area (Å²) in [5, 5.41) is 10.8. The molecule has 3 atom stereocenters. The molecule has 0 aliphatic heterocycles. The average Bonchev–Trinajstić information content (AvgIpc) is 2.44. The zero-order chi connectivity index (χ0) is 15.2. The maximum atomic E-state index is 12.0. The highest BCUT2D eigenvalue weighted by Gasteiger charge is 2.41. The van der Waals surface area contributed by atoms with E-state index in [1.165, 1.54) is 0 Å². The molecule has 2 aliphatic rings. The molecule has 1 unspecified atom stereocenters. The van der Waals surface area contributed by atoms with E-state index in [1.807, 2.05) is 6.07 Å². The summed E-state index contributed by atoms with van der Waals surface area (Å²) < 4.78 is 5.03. The average molecular weight is 292 g/mol. The van der Waals surface area contributed by atoms with Gasteiger partial charge in [-0.25, -0.2) is 0 Å². The zero-order valence-corrected chi connectivity index (χ0v) is 12.0. The monoisotopic (exact) mass is 292 g/mol. The number of amides is 1. The SMILES string of the molecule is N#CCCNC(=O)COC(=O)C1C[C@H]2CCC[C@@H](C1)C2=O. The van der Waals surface area contributed by atoms with Crippen LogP contribution in [0.3, 0.4) is 0 Å². The number of hydrogen-bond donors (Lipinski definition) is 1. The second kappa shape index (κ2) is 7.21. The number of carbonyl (C=O) groups excluding carboxylic acids is 3. The van der Waals surface area contributed by atoms with Crippen LogP contribution in [0.5, 0.6) is 0 Å². The largest absolute Gasteiger partial charge is 0.455 e. The van der Waals surface area contributed by atoms with Gasteiger partial charge in [0.25, 0.3) is 5.91 Å². The van der Waals surface area contributed by atoms with Gasteiger partial charge >= 0.3 is 5.97 Å². The molecule has 0 radical (unpaired) electrons. The Hall–Kier alpha value is -1.90. The summed E-state index contributed by atoms with van der Waals surface area (Å²) in [4.78, 5) is 35.4. The maximum absolute atomic E-state index is 12.0. The molecule has 6 heteroatoms. The van der Waals surface area contributed by atoms with Gasteiger partial charge in [-0.05, 0) is 25.7 Å². The standard InChI is InChI=1S/C15H20N2O4/c16-5-2-6-17-13(18)9-21-15(20)12-7-10-3-1-4-11(8-12)14(10)19/h10-12H,1-4,6-9H2,(H,17,18)/t10-,11+,12?. The van der Waals surface area contributed by atoms with Crippen molar-refractivity contribution in [3.05, 3.63) is 0 Å². The van der Waals surface area contributed by atoms with Crippen LogP contribution in [0.4, 0.5) is 0 Å². The number of nitrogens with zero attached hydrogens (tertiary/aromatic N) is 1. The number of nitrogens with one attached hydrogen (secondary N) is 1. The zero-order valence-electron chi connectivity index (χ0n) is 12.0. The van der Waals surface area contributed by atoms with E-state index in [1.54, 1.807) is 0 Å². The molecule has 6 nitrogen and oxygen atoms in total. The minimum Gasteiger partial charge on any atom is -0.455 e. The maximum Gasteiger partial charge on any atom is 0.309 e. The molecule has 2 fully saturated rings. The summed E-state index contributed by atoms with van der Waals surface area (Å²) in [5.41, 5.74) is 0. The van der Waals surface area contributed by atoms with E-state index in [2.05, 4.69) is 5.32 Å². The molecule has 21 heavy (non-hydrogen) atoms. The quantitative estimate of drug-likeness (QED) is 0.601. The van der Waals surface area contributed by atoms with Crippen LogP contribution in [0.2, 0.25) is 0 Å². The van der Waals surface area contributed by atoms with Crippen LogP contribution < -0.4 is 5.32 Å². The van der Waals surface area contributed by atoms with Gasteiger partial charge in [-0.15, -0.1) is 0 Å². The lowest BCUT2D eigenvalue weighted by molar-refractivity contribution is -0.156. The fraction of sp³-hybridized carbons (Fsp3) is 0.733. The van der Waals surface area contributed by atoms with Crippen LogP contribution in [0.1, 0.15) is 38.5 Å². The van der Waals surface area contributed by atoms with Crippen molar-refractivity contribution < 1.29 is 19.1 Å².